The van der Waals surface area contributed by atoms with Crippen molar-refractivity contribution in [3.05, 3.63) is 76.8 Å². The molecule has 4 heteroatoms. The number of unbranched alkanes of at least 4 members (excludes halogenated alkanes) is 1. The van der Waals surface area contributed by atoms with Gasteiger partial charge in [-0.3, -0.25) is 15.6 Å². The summed E-state index contributed by atoms with van der Waals surface area (Å²) >= 11 is 5.90. The molecule has 0 saturated carbocycles. The average Bonchev–Trinajstić information content (AvgIpc) is 2.55. The Hall–Kier alpha value is -2.26. The van der Waals surface area contributed by atoms with Gasteiger partial charge in [-0.25, -0.2) is 0 Å². The van der Waals surface area contributed by atoms with Crippen LogP contribution in [0.4, 0.5) is 0 Å². The van der Waals surface area contributed by atoms with Gasteiger partial charge in [-0.1, -0.05) is 67.4 Å². The van der Waals surface area contributed by atoms with E-state index in [1.165, 1.54) is 0 Å². The van der Waals surface area contributed by atoms with Crippen molar-refractivity contribution in [2.24, 2.45) is 0 Å². The Morgan fingerprint density at radius 2 is 1.77 bits per heavy atom. The van der Waals surface area contributed by atoms with Gasteiger partial charge in [0, 0.05) is 10.6 Å². The molecule has 2 aromatic rings. The largest absolute Gasteiger partial charge is 0.298 e. The predicted octanol–water partition coefficient (Wildman–Crippen LogP) is 4.42. The molecule has 0 aliphatic heterocycles. The molecule has 22 heavy (non-hydrogen) atoms. The summed E-state index contributed by atoms with van der Waals surface area (Å²) in [6.07, 6.45) is 4.05. The predicted molar refractivity (Wildman–Crippen MR) is 91.4 cm³/mol. The zero-order valence-corrected chi connectivity index (χ0v) is 13.2. The van der Waals surface area contributed by atoms with E-state index in [9.17, 15) is 4.79 Å². The number of hydrogen-bond donors (Lipinski definition) is 2. The van der Waals surface area contributed by atoms with Crippen LogP contribution in [0.1, 0.15) is 35.7 Å². The smallest absolute Gasteiger partial charge is 0.269 e. The maximum absolute atomic E-state index is 12.1. The van der Waals surface area contributed by atoms with Gasteiger partial charge in [0.25, 0.3) is 5.91 Å². The van der Waals surface area contributed by atoms with Crippen molar-refractivity contribution < 1.29 is 4.79 Å². The third-order valence-electron chi connectivity index (χ3n) is 3.12. The van der Waals surface area contributed by atoms with Crippen LogP contribution in [0, 0.1) is 0 Å². The average molecular weight is 315 g/mol. The first kappa shape index (κ1) is 16.1. The van der Waals surface area contributed by atoms with Crippen LogP contribution in [-0.2, 0) is 0 Å². The van der Waals surface area contributed by atoms with Crippen molar-refractivity contribution >= 4 is 23.2 Å². The zero-order chi connectivity index (χ0) is 15.8. The molecule has 1 amide bonds. The van der Waals surface area contributed by atoms with Gasteiger partial charge in [0.1, 0.15) is 0 Å². The summed E-state index contributed by atoms with van der Waals surface area (Å²) in [5.41, 5.74) is 8.16. The maximum Gasteiger partial charge on any atom is 0.269 e. The third kappa shape index (κ3) is 4.64. The molecule has 0 heterocycles. The lowest BCUT2D eigenvalue weighted by Gasteiger charge is -2.13. The lowest BCUT2D eigenvalue weighted by atomic mass is 10.1. The summed E-state index contributed by atoms with van der Waals surface area (Å²) in [6.45, 7) is 2.11. The summed E-state index contributed by atoms with van der Waals surface area (Å²) in [5, 5.41) is 0.539. The summed E-state index contributed by atoms with van der Waals surface area (Å²) in [6, 6.07) is 16.7. The number of hydrazine groups is 1. The van der Waals surface area contributed by atoms with E-state index in [2.05, 4.69) is 23.9 Å². The number of carbonyl (C=O) groups is 1. The highest BCUT2D eigenvalue weighted by Crippen LogP contribution is 2.13. The number of halogens is 1. The van der Waals surface area contributed by atoms with Crippen LogP contribution in [0.25, 0.3) is 5.70 Å². The monoisotopic (exact) mass is 314 g/mol. The van der Waals surface area contributed by atoms with Crippen molar-refractivity contribution in [1.82, 2.24) is 10.9 Å². The Morgan fingerprint density at radius 1 is 1.05 bits per heavy atom. The van der Waals surface area contributed by atoms with Gasteiger partial charge in [-0.05, 0) is 30.2 Å². The van der Waals surface area contributed by atoms with Crippen LogP contribution in [-0.4, -0.2) is 5.91 Å². The van der Waals surface area contributed by atoms with Crippen LogP contribution < -0.4 is 10.9 Å². The molecule has 0 fully saturated rings. The second-order valence-electron chi connectivity index (χ2n) is 4.86. The number of carbonyl (C=O) groups excluding carboxylic acids is 1. The fourth-order valence-corrected chi connectivity index (χ4v) is 2.16. The van der Waals surface area contributed by atoms with Crippen LogP contribution >= 0.6 is 11.6 Å². The van der Waals surface area contributed by atoms with Crippen molar-refractivity contribution in [2.75, 3.05) is 0 Å². The molecule has 0 aliphatic rings. The lowest BCUT2D eigenvalue weighted by Crippen LogP contribution is -2.36. The highest BCUT2D eigenvalue weighted by Gasteiger charge is 2.07. The number of benzene rings is 2. The quantitative estimate of drug-likeness (QED) is 0.775. The molecule has 0 spiro atoms. The summed E-state index contributed by atoms with van der Waals surface area (Å²) < 4.78 is 0. The van der Waals surface area contributed by atoms with E-state index in [-0.39, 0.29) is 5.91 Å². The minimum atomic E-state index is -0.221. The van der Waals surface area contributed by atoms with Crippen LogP contribution in [0.2, 0.25) is 5.02 Å². The number of amides is 1. The van der Waals surface area contributed by atoms with Crippen molar-refractivity contribution in [1.29, 1.82) is 0 Å². The minimum Gasteiger partial charge on any atom is -0.298 e. The fraction of sp³-hybridized carbons (Fsp3) is 0.167. The molecule has 0 radical (unpaired) electrons. The van der Waals surface area contributed by atoms with Gasteiger partial charge < -0.3 is 0 Å². The van der Waals surface area contributed by atoms with E-state index in [4.69, 9.17) is 11.6 Å². The van der Waals surface area contributed by atoms with Crippen LogP contribution in [0.15, 0.2) is 60.7 Å². The SMILES string of the molecule is CCC/C=C(\NNC(=O)c1cccc(Cl)c1)c1ccccc1. The van der Waals surface area contributed by atoms with Crippen LogP contribution in [0.5, 0.6) is 0 Å². The zero-order valence-electron chi connectivity index (χ0n) is 12.5. The second kappa shape index (κ2) is 8.25. The van der Waals surface area contributed by atoms with E-state index >= 15 is 0 Å². The molecule has 0 aliphatic carbocycles. The standard InChI is InChI=1S/C18H19ClN2O/c1-2-3-12-17(14-8-5-4-6-9-14)20-21-18(22)15-10-7-11-16(19)13-15/h4-13,20H,2-3H2,1H3,(H,21,22)/b17-12-. The molecule has 2 rings (SSSR count). The number of nitrogens with one attached hydrogen (secondary N) is 2. The number of rotatable bonds is 6. The Bertz CT molecular complexity index is 653. The number of hydrogen-bond acceptors (Lipinski definition) is 2. The van der Waals surface area contributed by atoms with Gasteiger partial charge in [0.05, 0.1) is 5.70 Å². The van der Waals surface area contributed by atoms with Crippen molar-refractivity contribution in [2.45, 2.75) is 19.8 Å². The molecule has 0 atom stereocenters. The highest BCUT2D eigenvalue weighted by molar-refractivity contribution is 6.30. The van der Waals surface area contributed by atoms with E-state index in [0.29, 0.717) is 10.6 Å². The Labute approximate surface area is 136 Å². The Balaban J connectivity index is 2.07. The first-order chi connectivity index (χ1) is 10.7. The van der Waals surface area contributed by atoms with Gasteiger partial charge in [0.15, 0.2) is 0 Å². The topological polar surface area (TPSA) is 41.1 Å². The molecular formula is C18H19ClN2O. The summed E-state index contributed by atoms with van der Waals surface area (Å²) in [5.74, 6) is -0.221. The molecule has 0 saturated heterocycles. The van der Waals surface area contributed by atoms with Gasteiger partial charge in [-0.15, -0.1) is 0 Å². The molecule has 0 unspecified atom stereocenters. The Morgan fingerprint density at radius 3 is 2.45 bits per heavy atom. The van der Waals surface area contributed by atoms with E-state index in [1.54, 1.807) is 24.3 Å². The minimum absolute atomic E-state index is 0.221. The first-order valence-corrected chi connectivity index (χ1v) is 7.66. The normalized spacial score (nSPS) is 11.1. The van der Waals surface area contributed by atoms with Gasteiger partial charge >= 0.3 is 0 Å². The van der Waals surface area contributed by atoms with Crippen molar-refractivity contribution in [3.63, 3.8) is 0 Å². The second-order valence-corrected chi connectivity index (χ2v) is 5.30. The van der Waals surface area contributed by atoms with Gasteiger partial charge in [0.2, 0.25) is 0 Å². The molecule has 114 valence electrons. The Kier molecular flexibility index (Phi) is 6.04. The van der Waals surface area contributed by atoms with E-state index < -0.39 is 0 Å². The maximum atomic E-state index is 12.1. The van der Waals surface area contributed by atoms with Crippen LogP contribution in [0.3, 0.4) is 0 Å². The molecule has 2 N–H and O–H groups in total. The molecule has 2 aromatic carbocycles. The summed E-state index contributed by atoms with van der Waals surface area (Å²) in [7, 11) is 0. The number of allylic oxidation sites excluding steroid dienone is 1. The van der Waals surface area contributed by atoms with E-state index in [0.717, 1.165) is 24.1 Å². The summed E-state index contributed by atoms with van der Waals surface area (Å²) in [4.78, 5) is 12.1. The van der Waals surface area contributed by atoms with E-state index in [1.807, 2.05) is 30.3 Å². The highest BCUT2D eigenvalue weighted by atomic mass is 35.5. The first-order valence-electron chi connectivity index (χ1n) is 7.28. The molecular weight excluding hydrogens is 296 g/mol. The molecule has 0 aromatic heterocycles. The third-order valence-corrected chi connectivity index (χ3v) is 3.35. The molecule has 0 bridgehead atoms. The molecule has 3 nitrogen and oxygen atoms in total. The van der Waals surface area contributed by atoms with Crippen molar-refractivity contribution in [3.8, 4) is 0 Å². The lowest BCUT2D eigenvalue weighted by molar-refractivity contribution is 0.0942. The fourth-order valence-electron chi connectivity index (χ4n) is 1.97. The van der Waals surface area contributed by atoms with Gasteiger partial charge in [-0.2, -0.15) is 0 Å².